The molecule has 0 saturated heterocycles. The van der Waals surface area contributed by atoms with Crippen LogP contribution in [0, 0.1) is 6.92 Å². The van der Waals surface area contributed by atoms with E-state index in [1.54, 1.807) is 6.20 Å². The van der Waals surface area contributed by atoms with Crippen LogP contribution < -0.4 is 5.56 Å². The number of alkyl halides is 1. The molecule has 0 aliphatic carbocycles. The first-order chi connectivity index (χ1) is 10.7. The molecule has 0 saturated carbocycles. The van der Waals surface area contributed by atoms with E-state index in [4.69, 9.17) is 11.6 Å². The summed E-state index contributed by atoms with van der Waals surface area (Å²) in [5, 5.41) is 6.06. The third-order valence-corrected chi connectivity index (χ3v) is 3.82. The molecule has 0 spiro atoms. The van der Waals surface area contributed by atoms with Gasteiger partial charge in [-0.05, 0) is 31.5 Å². The van der Waals surface area contributed by atoms with Gasteiger partial charge in [-0.1, -0.05) is 18.2 Å². The lowest BCUT2D eigenvalue weighted by Gasteiger charge is -2.10. The number of pyridine rings is 1. The van der Waals surface area contributed by atoms with E-state index < -0.39 is 0 Å². The van der Waals surface area contributed by atoms with Gasteiger partial charge in [0.05, 0.1) is 5.39 Å². The van der Waals surface area contributed by atoms with Crippen LogP contribution in [0.3, 0.4) is 0 Å². The van der Waals surface area contributed by atoms with Crippen molar-refractivity contribution in [3.8, 4) is 11.3 Å². The highest BCUT2D eigenvalue weighted by molar-refractivity contribution is 6.17. The fourth-order valence-corrected chi connectivity index (χ4v) is 2.54. The Hall–Kier alpha value is -2.20. The summed E-state index contributed by atoms with van der Waals surface area (Å²) < 4.78 is 1.50. The van der Waals surface area contributed by atoms with E-state index in [-0.39, 0.29) is 5.56 Å². The van der Waals surface area contributed by atoms with Crippen molar-refractivity contribution in [3.63, 3.8) is 0 Å². The van der Waals surface area contributed by atoms with Gasteiger partial charge in [0.25, 0.3) is 5.56 Å². The Morgan fingerprint density at radius 3 is 2.59 bits per heavy atom. The second-order valence-corrected chi connectivity index (χ2v) is 5.53. The average Bonchev–Trinajstić information content (AvgIpc) is 2.55. The van der Waals surface area contributed by atoms with Gasteiger partial charge in [-0.15, -0.1) is 11.6 Å². The molecule has 0 unspecified atom stereocenters. The molecule has 3 aromatic rings. The lowest BCUT2D eigenvalue weighted by molar-refractivity contribution is 0.578. The summed E-state index contributed by atoms with van der Waals surface area (Å²) >= 11 is 5.74. The number of halogens is 1. The van der Waals surface area contributed by atoms with Gasteiger partial charge < -0.3 is 0 Å². The summed E-state index contributed by atoms with van der Waals surface area (Å²) in [5.41, 5.74) is 2.55. The van der Waals surface area contributed by atoms with Gasteiger partial charge in [0.2, 0.25) is 0 Å². The van der Waals surface area contributed by atoms with Gasteiger partial charge in [-0.2, -0.15) is 5.10 Å². The Labute approximate surface area is 133 Å². The second-order valence-electron chi connectivity index (χ2n) is 5.15. The molecule has 2 aromatic heterocycles. The van der Waals surface area contributed by atoms with Gasteiger partial charge in [-0.3, -0.25) is 9.78 Å². The maximum Gasteiger partial charge on any atom is 0.274 e. The minimum atomic E-state index is -0.0791. The highest BCUT2D eigenvalue weighted by Gasteiger charge is 2.12. The summed E-state index contributed by atoms with van der Waals surface area (Å²) in [6.07, 6.45) is 2.50. The van der Waals surface area contributed by atoms with Crippen LogP contribution in [0.2, 0.25) is 0 Å². The maximum atomic E-state index is 12.5. The molecule has 3 rings (SSSR count). The van der Waals surface area contributed by atoms with Crippen molar-refractivity contribution in [3.05, 3.63) is 58.6 Å². The van der Waals surface area contributed by atoms with Crippen LogP contribution in [0.25, 0.3) is 22.0 Å². The molecular formula is C17H16ClN3O. The van der Waals surface area contributed by atoms with E-state index >= 15 is 0 Å². The standard InChI is InChI=1S/C17H16ClN3O/c1-12-7-8-13(11-19-12)16-14-5-2-3-6-15(14)17(22)21(20-16)10-4-9-18/h2-3,5-8,11H,4,9-10H2,1H3. The smallest absolute Gasteiger partial charge is 0.267 e. The minimum Gasteiger partial charge on any atom is -0.267 e. The molecule has 0 radical (unpaired) electrons. The fraction of sp³-hybridized carbons (Fsp3) is 0.235. The molecule has 4 nitrogen and oxygen atoms in total. The number of aryl methyl sites for hydroxylation is 2. The van der Waals surface area contributed by atoms with E-state index in [9.17, 15) is 4.79 Å². The van der Waals surface area contributed by atoms with Gasteiger partial charge in [0, 0.05) is 35.3 Å². The minimum absolute atomic E-state index is 0.0791. The predicted octanol–water partition coefficient (Wildman–Crippen LogP) is 3.40. The Morgan fingerprint density at radius 2 is 1.91 bits per heavy atom. The van der Waals surface area contributed by atoms with Crippen molar-refractivity contribution in [1.29, 1.82) is 0 Å². The third-order valence-electron chi connectivity index (χ3n) is 3.56. The van der Waals surface area contributed by atoms with Crippen molar-refractivity contribution >= 4 is 22.4 Å². The number of hydrogen-bond acceptors (Lipinski definition) is 3. The first-order valence-electron chi connectivity index (χ1n) is 7.19. The molecule has 5 heteroatoms. The third kappa shape index (κ3) is 2.74. The average molecular weight is 314 g/mol. The molecule has 0 N–H and O–H groups in total. The molecule has 0 fully saturated rings. The molecule has 112 valence electrons. The number of rotatable bonds is 4. The number of fused-ring (bicyclic) bond motifs is 1. The van der Waals surface area contributed by atoms with Gasteiger partial charge >= 0.3 is 0 Å². The van der Waals surface area contributed by atoms with E-state index in [2.05, 4.69) is 10.1 Å². The Bertz CT molecular complexity index is 856. The quantitative estimate of drug-likeness (QED) is 0.694. The molecule has 0 amide bonds. The zero-order valence-electron chi connectivity index (χ0n) is 12.3. The van der Waals surface area contributed by atoms with Crippen LogP contribution in [0.15, 0.2) is 47.4 Å². The fourth-order valence-electron chi connectivity index (χ4n) is 2.42. The van der Waals surface area contributed by atoms with Crippen molar-refractivity contribution in [2.75, 3.05) is 5.88 Å². The largest absolute Gasteiger partial charge is 0.274 e. The van der Waals surface area contributed by atoms with Crippen LogP contribution >= 0.6 is 11.6 Å². The number of nitrogens with zero attached hydrogens (tertiary/aromatic N) is 3. The van der Waals surface area contributed by atoms with E-state index in [0.29, 0.717) is 24.2 Å². The highest BCUT2D eigenvalue weighted by Crippen LogP contribution is 2.24. The monoisotopic (exact) mass is 313 g/mol. The molecule has 22 heavy (non-hydrogen) atoms. The molecule has 0 aliphatic heterocycles. The number of benzene rings is 1. The van der Waals surface area contributed by atoms with Crippen LogP contribution in [0.5, 0.6) is 0 Å². The van der Waals surface area contributed by atoms with Gasteiger partial charge in [-0.25, -0.2) is 4.68 Å². The highest BCUT2D eigenvalue weighted by atomic mass is 35.5. The predicted molar refractivity (Wildman–Crippen MR) is 89.3 cm³/mol. The lowest BCUT2D eigenvalue weighted by Crippen LogP contribution is -2.24. The van der Waals surface area contributed by atoms with Crippen LogP contribution in [-0.2, 0) is 6.54 Å². The van der Waals surface area contributed by atoms with Crippen LogP contribution in [0.4, 0.5) is 0 Å². The Morgan fingerprint density at radius 1 is 1.14 bits per heavy atom. The first kappa shape index (κ1) is 14.7. The summed E-state index contributed by atoms with van der Waals surface area (Å²) in [4.78, 5) is 16.8. The molecule has 0 atom stereocenters. The Balaban J connectivity index is 2.25. The summed E-state index contributed by atoms with van der Waals surface area (Å²) in [5.74, 6) is 0.502. The molecular weight excluding hydrogens is 298 g/mol. The van der Waals surface area contributed by atoms with Crippen molar-refractivity contribution in [2.45, 2.75) is 19.9 Å². The van der Waals surface area contributed by atoms with Crippen molar-refractivity contribution in [2.24, 2.45) is 0 Å². The van der Waals surface area contributed by atoms with E-state index in [0.717, 1.165) is 22.3 Å². The maximum absolute atomic E-state index is 12.5. The van der Waals surface area contributed by atoms with Gasteiger partial charge in [0.1, 0.15) is 5.69 Å². The normalized spacial score (nSPS) is 11.0. The van der Waals surface area contributed by atoms with Crippen molar-refractivity contribution in [1.82, 2.24) is 14.8 Å². The first-order valence-corrected chi connectivity index (χ1v) is 7.73. The zero-order chi connectivity index (χ0) is 15.5. The lowest BCUT2D eigenvalue weighted by atomic mass is 10.1. The second kappa shape index (κ2) is 6.28. The van der Waals surface area contributed by atoms with E-state index in [1.807, 2.05) is 43.3 Å². The van der Waals surface area contributed by atoms with Gasteiger partial charge in [0.15, 0.2) is 0 Å². The summed E-state index contributed by atoms with van der Waals surface area (Å²) in [7, 11) is 0. The molecule has 0 bridgehead atoms. The summed E-state index contributed by atoms with van der Waals surface area (Å²) in [6.45, 7) is 2.45. The van der Waals surface area contributed by atoms with Crippen LogP contribution in [0.1, 0.15) is 12.1 Å². The number of hydrogen-bond donors (Lipinski definition) is 0. The summed E-state index contributed by atoms with van der Waals surface area (Å²) in [6, 6.07) is 11.5. The molecule has 2 heterocycles. The SMILES string of the molecule is Cc1ccc(-c2nn(CCCCl)c(=O)c3ccccc23)cn1. The molecule has 0 aliphatic rings. The topological polar surface area (TPSA) is 47.8 Å². The van der Waals surface area contributed by atoms with Crippen molar-refractivity contribution < 1.29 is 0 Å². The van der Waals surface area contributed by atoms with E-state index in [1.165, 1.54) is 4.68 Å². The van der Waals surface area contributed by atoms with Crippen LogP contribution in [-0.4, -0.2) is 20.6 Å². The Kier molecular flexibility index (Phi) is 4.20. The zero-order valence-corrected chi connectivity index (χ0v) is 13.0. The molecule has 1 aromatic carbocycles. The number of aromatic nitrogens is 3.